The number of fused-ring (bicyclic) bond motifs is 3. The van der Waals surface area contributed by atoms with Gasteiger partial charge in [-0.1, -0.05) is 0 Å². The highest BCUT2D eigenvalue weighted by atomic mass is 16.6. The number of hydrogen-bond acceptors (Lipinski definition) is 6. The van der Waals surface area contributed by atoms with Crippen LogP contribution in [0.1, 0.15) is 24.8 Å². The molecule has 4 heterocycles. The Labute approximate surface area is 164 Å². The third-order valence-electron chi connectivity index (χ3n) is 5.70. The molecule has 1 amide bonds. The van der Waals surface area contributed by atoms with E-state index in [0.29, 0.717) is 30.3 Å². The van der Waals surface area contributed by atoms with Crippen LogP contribution in [0.15, 0.2) is 41.1 Å². The summed E-state index contributed by atoms with van der Waals surface area (Å²) in [7, 11) is 0. The molecule has 5 rings (SSSR count). The number of primary amides is 1. The molecule has 7 heteroatoms. The minimum absolute atomic E-state index is 0.0769. The molecule has 1 fully saturated rings. The van der Waals surface area contributed by atoms with Crippen LogP contribution >= 0.6 is 0 Å². The second-order valence-corrected chi connectivity index (χ2v) is 7.67. The average molecular weight is 380 g/mol. The Morgan fingerprint density at radius 2 is 2.11 bits per heavy atom. The van der Waals surface area contributed by atoms with Gasteiger partial charge < -0.3 is 25.0 Å². The van der Waals surface area contributed by atoms with Gasteiger partial charge in [-0.3, -0.25) is 4.79 Å². The lowest BCUT2D eigenvalue weighted by Crippen LogP contribution is -2.36. The van der Waals surface area contributed by atoms with Crippen molar-refractivity contribution in [1.29, 1.82) is 0 Å². The molecule has 1 aromatic carbocycles. The van der Waals surface area contributed by atoms with E-state index >= 15 is 0 Å². The van der Waals surface area contributed by atoms with Crippen molar-refractivity contribution in [1.82, 2.24) is 9.80 Å². The molecule has 0 aromatic heterocycles. The number of nitrogens with zero attached hydrogens (tertiary/aromatic N) is 3. The van der Waals surface area contributed by atoms with Crippen LogP contribution in [-0.4, -0.2) is 53.9 Å². The smallest absolute Gasteiger partial charge is 0.252 e. The first-order valence-corrected chi connectivity index (χ1v) is 9.90. The van der Waals surface area contributed by atoms with E-state index in [2.05, 4.69) is 9.89 Å². The molecule has 146 valence electrons. The van der Waals surface area contributed by atoms with Gasteiger partial charge in [0, 0.05) is 30.8 Å². The van der Waals surface area contributed by atoms with Crippen LogP contribution in [0.3, 0.4) is 0 Å². The van der Waals surface area contributed by atoms with Gasteiger partial charge in [-0.15, -0.1) is 0 Å². The second kappa shape index (κ2) is 6.98. The average Bonchev–Trinajstić information content (AvgIpc) is 3.22. The van der Waals surface area contributed by atoms with Gasteiger partial charge in [0.25, 0.3) is 5.91 Å². The maximum absolute atomic E-state index is 11.7. The van der Waals surface area contributed by atoms with Crippen molar-refractivity contribution in [3.8, 4) is 11.5 Å². The van der Waals surface area contributed by atoms with E-state index in [1.807, 2.05) is 29.3 Å². The SMILES string of the molecule is NC(=O)C1=CC=CN2Cc3cc4c(cc3N=C12)OCC(CCN1CCCC1)O4. The van der Waals surface area contributed by atoms with Crippen molar-refractivity contribution in [2.75, 3.05) is 26.2 Å². The molecule has 0 aliphatic carbocycles. The number of ether oxygens (including phenoxy) is 2. The first-order chi connectivity index (χ1) is 13.7. The Kier molecular flexibility index (Phi) is 4.31. The number of carbonyl (C=O) groups is 1. The van der Waals surface area contributed by atoms with Gasteiger partial charge in [0.05, 0.1) is 17.8 Å². The van der Waals surface area contributed by atoms with Crippen LogP contribution in [-0.2, 0) is 11.3 Å². The Bertz CT molecular complexity index is 899. The lowest BCUT2D eigenvalue weighted by molar-refractivity contribution is -0.114. The Morgan fingerprint density at radius 3 is 2.93 bits per heavy atom. The molecule has 0 saturated carbocycles. The van der Waals surface area contributed by atoms with Crippen molar-refractivity contribution in [3.63, 3.8) is 0 Å². The number of hydrogen-bond donors (Lipinski definition) is 1. The molecule has 0 spiro atoms. The van der Waals surface area contributed by atoms with Gasteiger partial charge in [-0.25, -0.2) is 4.99 Å². The monoisotopic (exact) mass is 380 g/mol. The highest BCUT2D eigenvalue weighted by Gasteiger charge is 2.29. The van der Waals surface area contributed by atoms with E-state index in [0.717, 1.165) is 30.0 Å². The molecule has 0 radical (unpaired) electrons. The highest BCUT2D eigenvalue weighted by Crippen LogP contribution is 2.41. The molecule has 2 N–H and O–H groups in total. The normalized spacial score (nSPS) is 23.0. The van der Waals surface area contributed by atoms with E-state index in [1.165, 1.54) is 25.9 Å². The molecule has 28 heavy (non-hydrogen) atoms. The topological polar surface area (TPSA) is 80.4 Å². The lowest BCUT2D eigenvalue weighted by atomic mass is 10.0. The fourth-order valence-corrected chi connectivity index (χ4v) is 4.18. The van der Waals surface area contributed by atoms with Crippen molar-refractivity contribution < 1.29 is 14.3 Å². The molecule has 1 aromatic rings. The Morgan fingerprint density at radius 1 is 1.25 bits per heavy atom. The number of amides is 1. The van der Waals surface area contributed by atoms with E-state index in [-0.39, 0.29) is 6.10 Å². The number of aliphatic imine (C=N–C) groups is 1. The number of amidine groups is 1. The van der Waals surface area contributed by atoms with Crippen molar-refractivity contribution in [2.45, 2.75) is 31.9 Å². The zero-order valence-electron chi connectivity index (χ0n) is 15.8. The summed E-state index contributed by atoms with van der Waals surface area (Å²) in [4.78, 5) is 20.8. The second-order valence-electron chi connectivity index (χ2n) is 7.67. The summed E-state index contributed by atoms with van der Waals surface area (Å²) in [5.41, 5.74) is 7.76. The van der Waals surface area contributed by atoms with Crippen LogP contribution in [0.5, 0.6) is 11.5 Å². The molecule has 4 aliphatic rings. The summed E-state index contributed by atoms with van der Waals surface area (Å²) in [6, 6.07) is 3.92. The highest BCUT2D eigenvalue weighted by molar-refractivity contribution is 6.22. The molecule has 1 atom stereocenters. The summed E-state index contributed by atoms with van der Waals surface area (Å²) < 4.78 is 12.2. The van der Waals surface area contributed by atoms with Gasteiger partial charge in [-0.05, 0) is 44.1 Å². The number of likely N-dealkylation sites (tertiary alicyclic amines) is 1. The van der Waals surface area contributed by atoms with Crippen molar-refractivity contribution in [2.24, 2.45) is 10.7 Å². The number of allylic oxidation sites excluding steroid dienone is 2. The molecule has 0 bridgehead atoms. The predicted octanol–water partition coefficient (Wildman–Crippen LogP) is 2.10. The van der Waals surface area contributed by atoms with Crippen LogP contribution in [0, 0.1) is 0 Å². The number of benzene rings is 1. The number of rotatable bonds is 4. The standard InChI is InChI=1S/C21H24N4O3/c22-20(26)16-4-3-8-25-12-14-10-19-18(11-17(14)23-21(16)25)27-13-15(28-19)5-9-24-6-1-2-7-24/h3-4,8,10-11,15H,1-2,5-7,9,12-13H2,(H2,22,26). The molecular weight excluding hydrogens is 356 g/mol. The summed E-state index contributed by atoms with van der Waals surface area (Å²) in [5, 5.41) is 0. The first-order valence-electron chi connectivity index (χ1n) is 9.90. The quantitative estimate of drug-likeness (QED) is 0.865. The van der Waals surface area contributed by atoms with Gasteiger partial charge in [0.15, 0.2) is 11.5 Å². The van der Waals surface area contributed by atoms with E-state index in [4.69, 9.17) is 15.2 Å². The summed E-state index contributed by atoms with van der Waals surface area (Å²) in [6.07, 6.45) is 9.08. The number of nitrogens with two attached hydrogens (primary N) is 1. The zero-order chi connectivity index (χ0) is 19.1. The molecule has 4 aliphatic heterocycles. The summed E-state index contributed by atoms with van der Waals surface area (Å²) in [5.74, 6) is 1.60. The predicted molar refractivity (Wildman–Crippen MR) is 106 cm³/mol. The largest absolute Gasteiger partial charge is 0.486 e. The fourth-order valence-electron chi connectivity index (χ4n) is 4.18. The minimum atomic E-state index is -0.477. The first kappa shape index (κ1) is 17.3. The molecule has 1 unspecified atom stereocenters. The van der Waals surface area contributed by atoms with Gasteiger partial charge in [0.2, 0.25) is 0 Å². The third kappa shape index (κ3) is 3.16. The van der Waals surface area contributed by atoms with Crippen LogP contribution < -0.4 is 15.2 Å². The van der Waals surface area contributed by atoms with Crippen LogP contribution in [0.25, 0.3) is 0 Å². The lowest BCUT2D eigenvalue weighted by Gasteiger charge is -2.32. The van der Waals surface area contributed by atoms with Crippen molar-refractivity contribution >= 4 is 17.4 Å². The molecule has 1 saturated heterocycles. The molecular formula is C21H24N4O3. The van der Waals surface area contributed by atoms with Crippen molar-refractivity contribution in [3.05, 3.63) is 41.6 Å². The maximum Gasteiger partial charge on any atom is 0.252 e. The van der Waals surface area contributed by atoms with Crippen LogP contribution in [0.2, 0.25) is 0 Å². The Balaban J connectivity index is 1.35. The van der Waals surface area contributed by atoms with E-state index in [1.54, 1.807) is 6.08 Å². The van der Waals surface area contributed by atoms with Gasteiger partial charge in [0.1, 0.15) is 18.5 Å². The summed E-state index contributed by atoms with van der Waals surface area (Å²) >= 11 is 0. The minimum Gasteiger partial charge on any atom is -0.486 e. The summed E-state index contributed by atoms with van der Waals surface area (Å²) in [6.45, 7) is 4.62. The van der Waals surface area contributed by atoms with E-state index in [9.17, 15) is 4.79 Å². The third-order valence-corrected chi connectivity index (χ3v) is 5.70. The van der Waals surface area contributed by atoms with Gasteiger partial charge >= 0.3 is 0 Å². The number of carbonyl (C=O) groups excluding carboxylic acids is 1. The van der Waals surface area contributed by atoms with Gasteiger partial charge in [-0.2, -0.15) is 0 Å². The molecule has 7 nitrogen and oxygen atoms in total. The zero-order valence-corrected chi connectivity index (χ0v) is 15.8. The van der Waals surface area contributed by atoms with Crippen LogP contribution in [0.4, 0.5) is 5.69 Å². The fraction of sp³-hybridized carbons (Fsp3) is 0.429. The maximum atomic E-state index is 11.7. The van der Waals surface area contributed by atoms with E-state index < -0.39 is 5.91 Å². The Hall–Kier alpha value is -2.80.